The van der Waals surface area contributed by atoms with Crippen LogP contribution in [0.2, 0.25) is 0 Å². The number of halogens is 1. The summed E-state index contributed by atoms with van der Waals surface area (Å²) in [6, 6.07) is 4.96. The molecule has 0 radical (unpaired) electrons. The van der Waals surface area contributed by atoms with Gasteiger partial charge < -0.3 is 19.1 Å². The number of carbonyl (C=O) groups is 1. The summed E-state index contributed by atoms with van der Waals surface area (Å²) in [6.07, 6.45) is 2.03. The van der Waals surface area contributed by atoms with Crippen molar-refractivity contribution in [2.45, 2.75) is 38.6 Å². The average molecular weight is 513 g/mol. The molecule has 2 aromatic heterocycles. The molecule has 0 unspecified atom stereocenters. The summed E-state index contributed by atoms with van der Waals surface area (Å²) in [5.41, 5.74) is 1.35. The van der Waals surface area contributed by atoms with Crippen molar-refractivity contribution in [2.75, 3.05) is 26.1 Å². The second-order valence-electron chi connectivity index (χ2n) is 9.26. The molecule has 9 nitrogen and oxygen atoms in total. The lowest BCUT2D eigenvalue weighted by Gasteiger charge is -2.31. The molecule has 0 amide bonds. The summed E-state index contributed by atoms with van der Waals surface area (Å²) in [5.74, 6) is -1.00. The van der Waals surface area contributed by atoms with E-state index in [0.29, 0.717) is 30.2 Å². The highest BCUT2D eigenvalue weighted by Crippen LogP contribution is 2.41. The normalized spacial score (nSPS) is 20.4. The van der Waals surface area contributed by atoms with Crippen LogP contribution in [-0.4, -0.2) is 51.6 Å². The third kappa shape index (κ3) is 3.37. The molecule has 3 aliphatic heterocycles. The van der Waals surface area contributed by atoms with Gasteiger partial charge in [-0.3, -0.25) is 14.4 Å². The number of carbonyl (C=O) groups excluding carboxylic acids is 1. The first-order valence-electron chi connectivity index (χ1n) is 11.8. The van der Waals surface area contributed by atoms with E-state index in [1.54, 1.807) is 29.5 Å². The van der Waals surface area contributed by atoms with E-state index in [0.717, 1.165) is 29.6 Å². The van der Waals surface area contributed by atoms with Gasteiger partial charge in [0.25, 0.3) is 5.56 Å². The molecule has 36 heavy (non-hydrogen) atoms. The van der Waals surface area contributed by atoms with Crippen LogP contribution in [0.4, 0.5) is 4.39 Å². The number of cyclic esters (lactones) is 1. The lowest BCUT2D eigenvalue weighted by atomic mass is 9.86. The van der Waals surface area contributed by atoms with E-state index in [-0.39, 0.29) is 42.0 Å². The molecule has 3 aliphatic rings. The number of nitrogens with one attached hydrogen (secondary N) is 1. The van der Waals surface area contributed by atoms with E-state index >= 15 is 4.39 Å². The van der Waals surface area contributed by atoms with Crippen molar-refractivity contribution in [1.82, 2.24) is 19.2 Å². The molecule has 1 aromatic carbocycles. The van der Waals surface area contributed by atoms with Crippen molar-refractivity contribution >= 4 is 28.8 Å². The van der Waals surface area contributed by atoms with Gasteiger partial charge in [0.15, 0.2) is 17.2 Å². The Morgan fingerprint density at radius 1 is 1.22 bits per heavy atom. The second-order valence-corrected chi connectivity index (χ2v) is 9.95. The highest BCUT2D eigenvalue weighted by molar-refractivity contribution is 7.96. The van der Waals surface area contributed by atoms with Crippen LogP contribution in [0.25, 0.3) is 22.3 Å². The summed E-state index contributed by atoms with van der Waals surface area (Å²) in [5, 5.41) is 11.8. The van der Waals surface area contributed by atoms with Crippen LogP contribution in [0.5, 0.6) is 5.75 Å². The summed E-state index contributed by atoms with van der Waals surface area (Å²) >= 11 is 1.54. The van der Waals surface area contributed by atoms with Gasteiger partial charge in [-0.05, 0) is 24.8 Å². The van der Waals surface area contributed by atoms with Crippen LogP contribution >= 0.6 is 11.9 Å². The Morgan fingerprint density at radius 2 is 2.06 bits per heavy atom. The first-order chi connectivity index (χ1) is 17.4. The molecule has 0 spiro atoms. The van der Waals surface area contributed by atoms with Gasteiger partial charge in [-0.15, -0.1) is 0 Å². The van der Waals surface area contributed by atoms with E-state index < -0.39 is 17.4 Å². The molecule has 0 saturated heterocycles. The molecular formula is C25H25FN4O5S. The topological polar surface area (TPSA) is 106 Å². The zero-order valence-corrected chi connectivity index (χ0v) is 20.7. The van der Waals surface area contributed by atoms with E-state index in [9.17, 15) is 14.7 Å². The van der Waals surface area contributed by atoms with Crippen LogP contribution in [0.1, 0.15) is 35.6 Å². The molecule has 3 aromatic rings. The number of aliphatic hydroxyl groups is 1. The average Bonchev–Trinajstić information content (AvgIpc) is 3.24. The molecule has 0 saturated carbocycles. The number of hydrogen-bond donors (Lipinski definition) is 2. The van der Waals surface area contributed by atoms with Gasteiger partial charge >= 0.3 is 5.97 Å². The lowest BCUT2D eigenvalue weighted by molar-refractivity contribution is -0.172. The fourth-order valence-electron chi connectivity index (χ4n) is 5.33. The fraction of sp³-hybridized carbons (Fsp3) is 0.400. The standard InChI is InChI=1S/C25H25FN4O5S/c1-3-25(33)17-7-20-21-13(9-30(20)23(31)16(17)11-34-24(25)32)6-14-15-10-29(5-4-27-36-2)12-35-22(15)18(26)8-19(14)28-21/h6-8,27,33H,3-5,9-12H2,1-2H3/t25-/m0/s1. The van der Waals surface area contributed by atoms with Crippen molar-refractivity contribution in [3.63, 3.8) is 0 Å². The van der Waals surface area contributed by atoms with Gasteiger partial charge in [0, 0.05) is 47.8 Å². The number of aromatic nitrogens is 2. The zero-order chi connectivity index (χ0) is 25.2. The minimum absolute atomic E-state index is 0.0695. The highest BCUT2D eigenvalue weighted by Gasteiger charge is 2.45. The van der Waals surface area contributed by atoms with Crippen LogP contribution in [0, 0.1) is 5.82 Å². The smallest absolute Gasteiger partial charge is 0.343 e. The van der Waals surface area contributed by atoms with Gasteiger partial charge in [0.05, 0.1) is 29.0 Å². The zero-order valence-electron chi connectivity index (χ0n) is 19.9. The third-order valence-corrected chi connectivity index (χ3v) is 7.76. The minimum Gasteiger partial charge on any atom is -0.475 e. The van der Waals surface area contributed by atoms with E-state index in [1.807, 2.05) is 12.3 Å². The molecule has 11 heteroatoms. The maximum Gasteiger partial charge on any atom is 0.343 e. The fourth-order valence-corrected chi connectivity index (χ4v) is 5.62. The van der Waals surface area contributed by atoms with Gasteiger partial charge in [-0.2, -0.15) is 0 Å². The van der Waals surface area contributed by atoms with Crippen molar-refractivity contribution < 1.29 is 23.8 Å². The lowest BCUT2D eigenvalue weighted by Crippen LogP contribution is -2.44. The monoisotopic (exact) mass is 512 g/mol. The summed E-state index contributed by atoms with van der Waals surface area (Å²) in [7, 11) is 0. The summed E-state index contributed by atoms with van der Waals surface area (Å²) in [6.45, 7) is 4.09. The van der Waals surface area contributed by atoms with Crippen molar-refractivity contribution in [3.05, 3.63) is 56.6 Å². The molecule has 0 fully saturated rings. The Kier molecular flexibility index (Phi) is 5.56. The quantitative estimate of drug-likeness (QED) is 0.237. The van der Waals surface area contributed by atoms with Crippen LogP contribution in [-0.2, 0) is 34.8 Å². The molecule has 0 bridgehead atoms. The van der Waals surface area contributed by atoms with Crippen LogP contribution in [0.15, 0.2) is 23.0 Å². The molecule has 6 rings (SSSR count). The Labute approximate surface area is 210 Å². The number of benzene rings is 1. The Morgan fingerprint density at radius 3 is 2.83 bits per heavy atom. The van der Waals surface area contributed by atoms with Gasteiger partial charge in [0.2, 0.25) is 0 Å². The number of hydrogen-bond acceptors (Lipinski definition) is 9. The first-order valence-corrected chi connectivity index (χ1v) is 13.0. The van der Waals surface area contributed by atoms with Gasteiger partial charge in [-0.1, -0.05) is 18.9 Å². The molecule has 1 atom stereocenters. The van der Waals surface area contributed by atoms with E-state index in [2.05, 4.69) is 9.62 Å². The number of rotatable bonds is 5. The highest BCUT2D eigenvalue weighted by atomic mass is 32.2. The predicted octanol–water partition coefficient (Wildman–Crippen LogP) is 2.24. The van der Waals surface area contributed by atoms with Crippen molar-refractivity contribution in [2.24, 2.45) is 0 Å². The van der Waals surface area contributed by atoms with Gasteiger partial charge in [0.1, 0.15) is 13.3 Å². The molecule has 5 heterocycles. The summed E-state index contributed by atoms with van der Waals surface area (Å²) < 4.78 is 30.7. The third-order valence-electron chi connectivity index (χ3n) is 7.27. The molecule has 2 N–H and O–H groups in total. The summed E-state index contributed by atoms with van der Waals surface area (Å²) in [4.78, 5) is 32.6. The molecule has 188 valence electrons. The Bertz CT molecular complexity index is 1490. The second kappa shape index (κ2) is 8.55. The van der Waals surface area contributed by atoms with E-state index in [4.69, 9.17) is 14.5 Å². The largest absolute Gasteiger partial charge is 0.475 e. The van der Waals surface area contributed by atoms with Crippen molar-refractivity contribution in [1.29, 1.82) is 0 Å². The Balaban J connectivity index is 1.47. The molecular weight excluding hydrogens is 487 g/mol. The molecule has 0 aliphatic carbocycles. The predicted molar refractivity (Wildman–Crippen MR) is 132 cm³/mol. The Hall–Kier alpha value is -2.99. The van der Waals surface area contributed by atoms with E-state index in [1.165, 1.54) is 6.07 Å². The van der Waals surface area contributed by atoms with Gasteiger partial charge in [-0.25, -0.2) is 14.2 Å². The SMILES string of the molecule is CC[C@@]1(O)C(=O)OCc2c1cc1n(c2=O)Cc2cc3c4c(c(F)cc3nc2-1)OCN(CCNSC)C4. The first kappa shape index (κ1) is 23.4. The number of nitrogens with zero attached hydrogens (tertiary/aromatic N) is 3. The van der Waals surface area contributed by atoms with Crippen LogP contribution < -0.4 is 15.0 Å². The van der Waals surface area contributed by atoms with Crippen molar-refractivity contribution in [3.8, 4) is 17.1 Å². The maximum absolute atomic E-state index is 15.0. The number of fused-ring (bicyclic) bond motifs is 7. The minimum atomic E-state index is -1.89. The number of ether oxygens (including phenoxy) is 2. The van der Waals surface area contributed by atoms with Crippen LogP contribution in [0.3, 0.4) is 0 Å². The number of pyridine rings is 2. The number of esters is 1. The maximum atomic E-state index is 15.0.